The third-order valence-electron chi connectivity index (χ3n) is 7.21. The van der Waals surface area contributed by atoms with Gasteiger partial charge in [-0.3, -0.25) is 0 Å². The highest BCUT2D eigenvalue weighted by atomic mass is 16.3. The van der Waals surface area contributed by atoms with E-state index in [9.17, 15) is 10.2 Å². The summed E-state index contributed by atoms with van der Waals surface area (Å²) in [5.74, 6) is 12.9. The molecule has 2 heteroatoms. The Balaban J connectivity index is 3.69. The van der Waals surface area contributed by atoms with Crippen LogP contribution in [-0.2, 0) is 0 Å². The molecule has 1 rings (SSSR count). The number of allylic oxidation sites excluding steroid dienone is 18. The van der Waals surface area contributed by atoms with Gasteiger partial charge in [0.1, 0.15) is 11.2 Å². The molecule has 44 heavy (non-hydrogen) atoms. The third-order valence-corrected chi connectivity index (χ3v) is 7.21. The standard InChI is InChI=1S/C42H56O2/c1-37(2,3)35-27-23-19-15-13-17-22-26-32-42(44,40(10,11)12)34-30-36(38(4,5)6)28-24-20-16-14-18-21-25-31-41(43,33-29-35)39(7,8)9/h13-28,31-32,43-44H,1-12H3/b15-13+,16-14+,21-18+,22-17+,23-19+,24-20+,31-25+,32-26+,35-27+,36-28+/t41-,42-/m0/s1. The Kier molecular flexibility index (Phi) is 13.9. The molecule has 2 N–H and O–H groups in total. The zero-order valence-corrected chi connectivity index (χ0v) is 29.3. The van der Waals surface area contributed by atoms with Crippen molar-refractivity contribution in [1.82, 2.24) is 0 Å². The van der Waals surface area contributed by atoms with Crippen LogP contribution >= 0.6 is 0 Å². The molecule has 0 aromatic heterocycles. The highest BCUT2D eigenvalue weighted by molar-refractivity contribution is 5.43. The minimum atomic E-state index is -1.31. The quantitative estimate of drug-likeness (QED) is 0.275. The summed E-state index contributed by atoms with van der Waals surface area (Å²) in [5, 5.41) is 23.1. The summed E-state index contributed by atoms with van der Waals surface area (Å²) in [6.45, 7) is 24.6. The summed E-state index contributed by atoms with van der Waals surface area (Å²) >= 11 is 0. The third kappa shape index (κ3) is 13.0. The van der Waals surface area contributed by atoms with Crippen LogP contribution < -0.4 is 0 Å². The molecule has 236 valence electrons. The first-order chi connectivity index (χ1) is 20.1. The van der Waals surface area contributed by atoms with Gasteiger partial charge in [-0.2, -0.15) is 0 Å². The smallest absolute Gasteiger partial charge is 0.149 e. The summed E-state index contributed by atoms with van der Waals surface area (Å²) in [6.07, 6.45) is 34.4. The van der Waals surface area contributed by atoms with Crippen molar-refractivity contribution >= 4 is 0 Å². The lowest BCUT2D eigenvalue weighted by Gasteiger charge is -2.33. The molecule has 0 aliphatic heterocycles. The van der Waals surface area contributed by atoms with Crippen LogP contribution in [0.15, 0.2) is 121 Å². The molecule has 2 nitrogen and oxygen atoms in total. The van der Waals surface area contributed by atoms with Gasteiger partial charge in [0.2, 0.25) is 0 Å². The fourth-order valence-corrected chi connectivity index (χ4v) is 3.58. The summed E-state index contributed by atoms with van der Waals surface area (Å²) in [5.41, 5.74) is -2.13. The van der Waals surface area contributed by atoms with Gasteiger partial charge in [-0.1, -0.05) is 204 Å². The van der Waals surface area contributed by atoms with Gasteiger partial charge >= 0.3 is 0 Å². The second kappa shape index (κ2) is 16.0. The molecule has 1 aliphatic rings. The summed E-state index contributed by atoms with van der Waals surface area (Å²) in [7, 11) is 0. The average Bonchev–Trinajstić information content (AvgIpc) is 2.86. The molecule has 0 radical (unpaired) electrons. The van der Waals surface area contributed by atoms with Crippen molar-refractivity contribution in [2.75, 3.05) is 0 Å². The molecule has 0 saturated heterocycles. The molecule has 0 spiro atoms. The number of rotatable bonds is 0. The average molecular weight is 593 g/mol. The number of aliphatic hydroxyl groups is 2. The van der Waals surface area contributed by atoms with Crippen LogP contribution in [0.5, 0.6) is 0 Å². The van der Waals surface area contributed by atoms with Crippen molar-refractivity contribution in [3.63, 3.8) is 0 Å². The van der Waals surface area contributed by atoms with Crippen LogP contribution in [0.4, 0.5) is 0 Å². The van der Waals surface area contributed by atoms with E-state index in [0.717, 1.165) is 11.1 Å². The molecule has 0 saturated carbocycles. The zero-order chi connectivity index (χ0) is 33.7. The van der Waals surface area contributed by atoms with Gasteiger partial charge in [0.15, 0.2) is 0 Å². The van der Waals surface area contributed by atoms with E-state index in [2.05, 4.69) is 65.2 Å². The highest BCUT2D eigenvalue weighted by Gasteiger charge is 2.37. The van der Waals surface area contributed by atoms with Crippen molar-refractivity contribution in [2.45, 2.75) is 94.3 Å². The van der Waals surface area contributed by atoms with Crippen molar-refractivity contribution in [2.24, 2.45) is 21.7 Å². The lowest BCUT2D eigenvalue weighted by atomic mass is 9.76. The lowest BCUT2D eigenvalue weighted by Crippen LogP contribution is -2.39. The van der Waals surface area contributed by atoms with Gasteiger partial charge in [-0.25, -0.2) is 0 Å². The Morgan fingerprint density at radius 2 is 0.659 bits per heavy atom. The topological polar surface area (TPSA) is 40.5 Å². The van der Waals surface area contributed by atoms with Crippen LogP contribution in [0, 0.1) is 45.3 Å². The first kappa shape index (κ1) is 38.5. The van der Waals surface area contributed by atoms with E-state index >= 15 is 0 Å². The van der Waals surface area contributed by atoms with Gasteiger partial charge in [0.05, 0.1) is 0 Å². The Labute approximate surface area is 269 Å². The summed E-state index contributed by atoms with van der Waals surface area (Å²) < 4.78 is 0. The van der Waals surface area contributed by atoms with Crippen LogP contribution in [0.3, 0.4) is 0 Å². The maximum atomic E-state index is 11.5. The number of hydrogen-bond acceptors (Lipinski definition) is 2. The van der Waals surface area contributed by atoms with E-state index in [0.29, 0.717) is 0 Å². The van der Waals surface area contributed by atoms with Gasteiger partial charge in [0.25, 0.3) is 0 Å². The predicted molar refractivity (Wildman–Crippen MR) is 193 cm³/mol. The fraction of sp³-hybridized carbons (Fsp3) is 0.429. The van der Waals surface area contributed by atoms with E-state index in [1.807, 2.05) is 139 Å². The molecule has 2 atom stereocenters. The molecule has 0 aromatic carbocycles. The monoisotopic (exact) mass is 592 g/mol. The second-order valence-corrected chi connectivity index (χ2v) is 15.2. The molecular weight excluding hydrogens is 536 g/mol. The zero-order valence-electron chi connectivity index (χ0n) is 29.3. The Morgan fingerprint density at radius 3 is 0.909 bits per heavy atom. The highest BCUT2D eigenvalue weighted by Crippen LogP contribution is 2.33. The van der Waals surface area contributed by atoms with E-state index < -0.39 is 22.0 Å². The molecule has 1 aliphatic carbocycles. The van der Waals surface area contributed by atoms with Crippen molar-refractivity contribution in [3.05, 3.63) is 121 Å². The van der Waals surface area contributed by atoms with Gasteiger partial charge < -0.3 is 10.2 Å². The van der Waals surface area contributed by atoms with Gasteiger partial charge in [-0.15, -0.1) is 0 Å². The summed E-state index contributed by atoms with van der Waals surface area (Å²) in [4.78, 5) is 0. The number of hydrogen-bond donors (Lipinski definition) is 2. The fourth-order valence-electron chi connectivity index (χ4n) is 3.58. The van der Waals surface area contributed by atoms with Crippen LogP contribution in [0.2, 0.25) is 0 Å². The van der Waals surface area contributed by atoms with E-state index in [1.54, 1.807) is 12.2 Å². The van der Waals surface area contributed by atoms with Crippen molar-refractivity contribution < 1.29 is 10.2 Å². The first-order valence-corrected chi connectivity index (χ1v) is 15.4. The maximum absolute atomic E-state index is 11.5. The first-order valence-electron chi connectivity index (χ1n) is 15.4. The van der Waals surface area contributed by atoms with Crippen LogP contribution in [-0.4, -0.2) is 21.4 Å². The molecule has 0 heterocycles. The molecular formula is C42H56O2. The van der Waals surface area contributed by atoms with Crippen molar-refractivity contribution in [3.8, 4) is 23.7 Å². The van der Waals surface area contributed by atoms with Crippen LogP contribution in [0.1, 0.15) is 83.1 Å². The van der Waals surface area contributed by atoms with Crippen LogP contribution in [0.25, 0.3) is 0 Å². The minimum absolute atomic E-state index is 0.190. The lowest BCUT2D eigenvalue weighted by molar-refractivity contribution is 0.0398. The Bertz CT molecular complexity index is 1280. The second-order valence-electron chi connectivity index (χ2n) is 15.2. The van der Waals surface area contributed by atoms with Crippen molar-refractivity contribution in [1.29, 1.82) is 0 Å². The Hall–Kier alpha value is -3.56. The maximum Gasteiger partial charge on any atom is 0.149 e. The van der Waals surface area contributed by atoms with Gasteiger partial charge in [0, 0.05) is 22.0 Å². The molecule has 0 amide bonds. The Morgan fingerprint density at radius 1 is 0.409 bits per heavy atom. The van der Waals surface area contributed by atoms with E-state index in [-0.39, 0.29) is 10.8 Å². The van der Waals surface area contributed by atoms with E-state index in [4.69, 9.17) is 0 Å². The molecule has 0 fully saturated rings. The normalized spacial score (nSPS) is 31.1. The molecule has 0 unspecified atom stereocenters. The largest absolute Gasteiger partial charge is 0.373 e. The predicted octanol–water partition coefficient (Wildman–Crippen LogP) is 9.96. The summed E-state index contributed by atoms with van der Waals surface area (Å²) in [6, 6.07) is 0. The molecule has 0 bridgehead atoms. The van der Waals surface area contributed by atoms with Gasteiger partial charge in [-0.05, 0) is 23.0 Å². The SMILES string of the molecule is CC(C)(C)/C1=C/C=C/C=C/C=C/C=C/[C@@](O)(C(C)(C)C)C#C\C(C(C)(C)C)=C/C=C/C=C/C=C/C=C/[C@@](O)(C(C)(C)C)C#C1. The minimum Gasteiger partial charge on any atom is -0.373 e. The molecule has 0 aromatic rings. The van der Waals surface area contributed by atoms with E-state index in [1.165, 1.54) is 0 Å².